The molecule has 1 aliphatic rings. The molecule has 0 aliphatic carbocycles. The summed E-state index contributed by atoms with van der Waals surface area (Å²) in [4.78, 5) is 2.58. The Morgan fingerprint density at radius 2 is 2.07 bits per heavy atom. The molecule has 0 bridgehead atoms. The maximum Gasteiger partial charge on any atom is 0.0107 e. The standard InChI is InChI=1S/C13H26N2/c1-3-4-8-13(2)14-9-12-15-10-6-5-7-11-15/h3,13-14H,1,4-12H2,2H3/t13-/m0/s1. The first-order valence-electron chi connectivity index (χ1n) is 6.39. The zero-order valence-electron chi connectivity index (χ0n) is 10.2. The summed E-state index contributed by atoms with van der Waals surface area (Å²) in [5.74, 6) is 0. The van der Waals surface area contributed by atoms with Crippen molar-refractivity contribution >= 4 is 0 Å². The first-order chi connectivity index (χ1) is 7.33. The Kier molecular flexibility index (Phi) is 6.69. The van der Waals surface area contributed by atoms with Crippen LogP contribution in [-0.2, 0) is 0 Å². The van der Waals surface area contributed by atoms with E-state index in [9.17, 15) is 0 Å². The molecule has 0 saturated carbocycles. The quantitative estimate of drug-likeness (QED) is 0.649. The highest BCUT2D eigenvalue weighted by molar-refractivity contribution is 4.72. The van der Waals surface area contributed by atoms with Crippen LogP contribution in [0.25, 0.3) is 0 Å². The summed E-state index contributed by atoms with van der Waals surface area (Å²) < 4.78 is 0. The number of hydrogen-bond acceptors (Lipinski definition) is 2. The number of piperidine rings is 1. The number of hydrogen-bond donors (Lipinski definition) is 1. The molecule has 88 valence electrons. The average Bonchev–Trinajstić information content (AvgIpc) is 2.28. The van der Waals surface area contributed by atoms with Crippen LogP contribution in [0.3, 0.4) is 0 Å². The summed E-state index contributed by atoms with van der Waals surface area (Å²) in [6, 6.07) is 0.632. The summed E-state index contributed by atoms with van der Waals surface area (Å²) >= 11 is 0. The number of allylic oxidation sites excluding steroid dienone is 1. The lowest BCUT2D eigenvalue weighted by molar-refractivity contribution is 0.226. The smallest absolute Gasteiger partial charge is 0.0107 e. The third-order valence-corrected chi connectivity index (χ3v) is 3.17. The van der Waals surface area contributed by atoms with Gasteiger partial charge in [0, 0.05) is 19.1 Å². The molecule has 0 aromatic heterocycles. The second kappa shape index (κ2) is 7.89. The van der Waals surface area contributed by atoms with Gasteiger partial charge in [-0.25, -0.2) is 0 Å². The fourth-order valence-electron chi connectivity index (χ4n) is 2.12. The van der Waals surface area contributed by atoms with E-state index in [1.54, 1.807) is 0 Å². The highest BCUT2D eigenvalue weighted by Gasteiger charge is 2.09. The maximum atomic E-state index is 3.75. The van der Waals surface area contributed by atoms with Crippen molar-refractivity contribution in [3.05, 3.63) is 12.7 Å². The summed E-state index contributed by atoms with van der Waals surface area (Å²) in [6.07, 6.45) is 8.56. The van der Waals surface area contributed by atoms with Gasteiger partial charge in [-0.1, -0.05) is 12.5 Å². The minimum Gasteiger partial charge on any atom is -0.313 e. The molecule has 1 saturated heterocycles. The molecule has 0 amide bonds. The molecular weight excluding hydrogens is 184 g/mol. The van der Waals surface area contributed by atoms with E-state index in [4.69, 9.17) is 0 Å². The molecular formula is C13H26N2. The highest BCUT2D eigenvalue weighted by Crippen LogP contribution is 2.07. The van der Waals surface area contributed by atoms with Gasteiger partial charge in [0.15, 0.2) is 0 Å². The van der Waals surface area contributed by atoms with E-state index in [0.29, 0.717) is 6.04 Å². The predicted molar refractivity (Wildman–Crippen MR) is 67.2 cm³/mol. The Labute approximate surface area is 94.7 Å². The van der Waals surface area contributed by atoms with Gasteiger partial charge in [-0.15, -0.1) is 6.58 Å². The van der Waals surface area contributed by atoms with Crippen LogP contribution in [-0.4, -0.2) is 37.1 Å². The number of nitrogens with zero attached hydrogens (tertiary/aromatic N) is 1. The fraction of sp³-hybridized carbons (Fsp3) is 0.846. The van der Waals surface area contributed by atoms with Gasteiger partial charge in [-0.2, -0.15) is 0 Å². The van der Waals surface area contributed by atoms with Crippen LogP contribution in [0.2, 0.25) is 0 Å². The summed E-state index contributed by atoms with van der Waals surface area (Å²) in [6.45, 7) is 11.0. The second-order valence-corrected chi connectivity index (χ2v) is 4.62. The summed E-state index contributed by atoms with van der Waals surface area (Å²) in [7, 11) is 0. The van der Waals surface area contributed by atoms with Gasteiger partial charge in [-0.05, 0) is 45.7 Å². The van der Waals surface area contributed by atoms with Gasteiger partial charge in [0.1, 0.15) is 0 Å². The lowest BCUT2D eigenvalue weighted by Crippen LogP contribution is -2.38. The van der Waals surface area contributed by atoms with Gasteiger partial charge < -0.3 is 10.2 Å². The molecule has 1 rings (SSSR count). The highest BCUT2D eigenvalue weighted by atomic mass is 15.1. The molecule has 0 radical (unpaired) electrons. The minimum atomic E-state index is 0.632. The van der Waals surface area contributed by atoms with Crippen molar-refractivity contribution in [2.24, 2.45) is 0 Å². The van der Waals surface area contributed by atoms with Gasteiger partial charge in [0.2, 0.25) is 0 Å². The minimum absolute atomic E-state index is 0.632. The van der Waals surface area contributed by atoms with E-state index in [1.807, 2.05) is 6.08 Å². The summed E-state index contributed by atoms with van der Waals surface area (Å²) in [5, 5.41) is 3.58. The van der Waals surface area contributed by atoms with Crippen molar-refractivity contribution in [1.29, 1.82) is 0 Å². The molecule has 2 heteroatoms. The van der Waals surface area contributed by atoms with Crippen LogP contribution < -0.4 is 5.32 Å². The van der Waals surface area contributed by atoms with Crippen LogP contribution in [0.4, 0.5) is 0 Å². The molecule has 1 fully saturated rings. The second-order valence-electron chi connectivity index (χ2n) is 4.62. The van der Waals surface area contributed by atoms with E-state index < -0.39 is 0 Å². The molecule has 0 aromatic rings. The van der Waals surface area contributed by atoms with Gasteiger partial charge >= 0.3 is 0 Å². The van der Waals surface area contributed by atoms with Crippen molar-refractivity contribution in [3.8, 4) is 0 Å². The lowest BCUT2D eigenvalue weighted by Gasteiger charge is -2.27. The Bertz CT molecular complexity index is 162. The number of likely N-dealkylation sites (tertiary alicyclic amines) is 1. The van der Waals surface area contributed by atoms with Crippen molar-refractivity contribution in [2.75, 3.05) is 26.2 Å². The fourth-order valence-corrected chi connectivity index (χ4v) is 2.12. The van der Waals surface area contributed by atoms with Crippen molar-refractivity contribution in [1.82, 2.24) is 10.2 Å². The van der Waals surface area contributed by atoms with Crippen LogP contribution in [0.5, 0.6) is 0 Å². The Morgan fingerprint density at radius 3 is 2.73 bits per heavy atom. The average molecular weight is 210 g/mol. The van der Waals surface area contributed by atoms with Crippen LogP contribution in [0.15, 0.2) is 12.7 Å². The number of rotatable bonds is 7. The lowest BCUT2D eigenvalue weighted by atomic mass is 10.1. The largest absolute Gasteiger partial charge is 0.313 e. The monoisotopic (exact) mass is 210 g/mol. The van der Waals surface area contributed by atoms with Gasteiger partial charge in [0.05, 0.1) is 0 Å². The molecule has 0 spiro atoms. The van der Waals surface area contributed by atoms with Gasteiger partial charge in [0.25, 0.3) is 0 Å². The zero-order valence-corrected chi connectivity index (χ0v) is 10.2. The Balaban J connectivity index is 1.96. The molecule has 2 nitrogen and oxygen atoms in total. The SMILES string of the molecule is C=CCC[C@H](C)NCCN1CCCCC1. The van der Waals surface area contributed by atoms with Crippen LogP contribution in [0, 0.1) is 0 Å². The Hall–Kier alpha value is -0.340. The zero-order chi connectivity index (χ0) is 10.9. The first kappa shape index (κ1) is 12.7. The van der Waals surface area contributed by atoms with Crippen LogP contribution >= 0.6 is 0 Å². The van der Waals surface area contributed by atoms with Crippen molar-refractivity contribution in [3.63, 3.8) is 0 Å². The molecule has 1 heterocycles. The molecule has 1 aliphatic heterocycles. The maximum absolute atomic E-state index is 3.75. The third-order valence-electron chi connectivity index (χ3n) is 3.17. The third kappa shape index (κ3) is 5.95. The Morgan fingerprint density at radius 1 is 1.33 bits per heavy atom. The topological polar surface area (TPSA) is 15.3 Å². The molecule has 1 N–H and O–H groups in total. The van der Waals surface area contributed by atoms with E-state index in [2.05, 4.69) is 23.7 Å². The van der Waals surface area contributed by atoms with Gasteiger partial charge in [-0.3, -0.25) is 0 Å². The molecule has 1 atom stereocenters. The van der Waals surface area contributed by atoms with E-state index in [1.165, 1.54) is 45.3 Å². The van der Waals surface area contributed by atoms with Crippen molar-refractivity contribution < 1.29 is 0 Å². The summed E-state index contributed by atoms with van der Waals surface area (Å²) in [5.41, 5.74) is 0. The molecule has 0 unspecified atom stereocenters. The van der Waals surface area contributed by atoms with E-state index >= 15 is 0 Å². The normalized spacial score (nSPS) is 20.1. The molecule has 15 heavy (non-hydrogen) atoms. The first-order valence-corrected chi connectivity index (χ1v) is 6.39. The van der Waals surface area contributed by atoms with Crippen molar-refractivity contribution in [2.45, 2.75) is 45.1 Å². The number of nitrogens with one attached hydrogen (secondary N) is 1. The molecule has 0 aromatic carbocycles. The van der Waals surface area contributed by atoms with E-state index in [-0.39, 0.29) is 0 Å². The predicted octanol–water partition coefficient (Wildman–Crippen LogP) is 2.42. The van der Waals surface area contributed by atoms with Crippen LogP contribution in [0.1, 0.15) is 39.0 Å². The van der Waals surface area contributed by atoms with E-state index in [0.717, 1.165) is 13.0 Å².